The molecule has 7 rings (SSSR count). The van der Waals surface area contributed by atoms with Crippen molar-refractivity contribution in [1.82, 2.24) is 4.98 Å². The van der Waals surface area contributed by atoms with Crippen LogP contribution in [0.15, 0.2) is 140 Å². The van der Waals surface area contributed by atoms with E-state index >= 15 is 0 Å². The van der Waals surface area contributed by atoms with Crippen molar-refractivity contribution >= 4 is 49.5 Å². The van der Waals surface area contributed by atoms with Gasteiger partial charge in [0.05, 0.1) is 11.9 Å². The van der Waals surface area contributed by atoms with Crippen molar-refractivity contribution < 1.29 is 4.39 Å². The average Bonchev–Trinajstić information content (AvgIpc) is 2.98. The molecule has 6 aromatic carbocycles. The van der Waals surface area contributed by atoms with Crippen molar-refractivity contribution in [2.24, 2.45) is 0 Å². The molecule has 0 aliphatic carbocycles. The Bertz CT molecular complexity index is 1870. The lowest BCUT2D eigenvalue weighted by atomic mass is 9.88. The molecule has 1 heterocycles. The van der Waals surface area contributed by atoms with Gasteiger partial charge in [0, 0.05) is 16.5 Å². The van der Waals surface area contributed by atoms with E-state index in [1.54, 1.807) is 6.07 Å². The second-order valence-corrected chi connectivity index (χ2v) is 9.35. The highest BCUT2D eigenvalue weighted by molar-refractivity contribution is 6.24. The Morgan fingerprint density at radius 1 is 0.500 bits per heavy atom. The van der Waals surface area contributed by atoms with Crippen molar-refractivity contribution in [3.8, 4) is 11.1 Å². The fourth-order valence-electron chi connectivity index (χ4n) is 5.53. The van der Waals surface area contributed by atoms with Gasteiger partial charge in [-0.2, -0.15) is 0 Å². The summed E-state index contributed by atoms with van der Waals surface area (Å²) in [4.78, 5) is 6.65. The minimum Gasteiger partial charge on any atom is -0.294 e. The van der Waals surface area contributed by atoms with Gasteiger partial charge in [0.25, 0.3) is 0 Å². The first-order valence-corrected chi connectivity index (χ1v) is 12.7. The molecule has 0 radical (unpaired) electrons. The van der Waals surface area contributed by atoms with Gasteiger partial charge in [-0.15, -0.1) is 0 Å². The van der Waals surface area contributed by atoms with Crippen LogP contribution in [0.3, 0.4) is 0 Å². The van der Waals surface area contributed by atoms with Gasteiger partial charge >= 0.3 is 0 Å². The van der Waals surface area contributed by atoms with Gasteiger partial charge in [0.1, 0.15) is 11.6 Å². The summed E-state index contributed by atoms with van der Waals surface area (Å²) in [6.07, 6.45) is 1.28. The number of aromatic nitrogens is 1. The molecule has 3 heteroatoms. The first-order valence-electron chi connectivity index (χ1n) is 12.7. The molecule has 0 saturated carbocycles. The number of fused-ring (bicyclic) bond motifs is 3. The molecular weight excluding hydrogens is 467 g/mol. The molecule has 0 aliphatic heterocycles. The quantitative estimate of drug-likeness (QED) is 0.228. The number of hydrogen-bond acceptors (Lipinski definition) is 2. The standard InChI is InChI=1S/C35H23FN2/c36-25-21-22-33(37-23-25)38(26-13-2-1-3-14-26)35-31-18-8-6-16-29(31)34(30-17-7-9-19-32(30)35)28-20-10-12-24-11-4-5-15-27(24)28/h1-23H. The molecule has 1 aromatic heterocycles. The molecule has 0 bridgehead atoms. The number of pyridine rings is 1. The van der Waals surface area contributed by atoms with Crippen LogP contribution in [0.2, 0.25) is 0 Å². The number of rotatable bonds is 4. The van der Waals surface area contributed by atoms with Gasteiger partial charge in [-0.3, -0.25) is 4.90 Å². The molecule has 0 aliphatic rings. The van der Waals surface area contributed by atoms with Crippen LogP contribution in [0, 0.1) is 5.82 Å². The zero-order valence-electron chi connectivity index (χ0n) is 20.6. The Hall–Kier alpha value is -5.02. The zero-order valence-corrected chi connectivity index (χ0v) is 20.6. The summed E-state index contributed by atoms with van der Waals surface area (Å²) in [5.74, 6) is 0.300. The maximum absolute atomic E-state index is 13.9. The third-order valence-corrected chi connectivity index (χ3v) is 7.14. The van der Waals surface area contributed by atoms with Crippen molar-refractivity contribution in [3.05, 3.63) is 145 Å². The Morgan fingerprint density at radius 2 is 1.08 bits per heavy atom. The zero-order chi connectivity index (χ0) is 25.5. The molecule has 0 spiro atoms. The molecule has 2 nitrogen and oxygen atoms in total. The number of benzene rings is 6. The molecule has 0 fully saturated rings. The molecule has 38 heavy (non-hydrogen) atoms. The van der Waals surface area contributed by atoms with Gasteiger partial charge < -0.3 is 0 Å². The highest BCUT2D eigenvalue weighted by Crippen LogP contribution is 2.48. The van der Waals surface area contributed by atoms with E-state index in [0.717, 1.165) is 32.9 Å². The monoisotopic (exact) mass is 490 g/mol. The van der Waals surface area contributed by atoms with E-state index in [9.17, 15) is 4.39 Å². The first kappa shape index (κ1) is 22.2. The summed E-state index contributed by atoms with van der Waals surface area (Å²) in [6.45, 7) is 0. The summed E-state index contributed by atoms with van der Waals surface area (Å²) in [7, 11) is 0. The fourth-order valence-corrected chi connectivity index (χ4v) is 5.53. The van der Waals surface area contributed by atoms with Gasteiger partial charge in [-0.1, -0.05) is 109 Å². The Kier molecular flexibility index (Phi) is 5.33. The van der Waals surface area contributed by atoms with Crippen LogP contribution in [0.25, 0.3) is 43.4 Å². The van der Waals surface area contributed by atoms with E-state index in [1.807, 2.05) is 18.2 Å². The van der Waals surface area contributed by atoms with Crippen LogP contribution in [0.5, 0.6) is 0 Å². The van der Waals surface area contributed by atoms with Crippen LogP contribution in [0.4, 0.5) is 21.6 Å². The van der Waals surface area contributed by atoms with E-state index in [4.69, 9.17) is 0 Å². The molecule has 7 aromatic rings. The molecule has 0 unspecified atom stereocenters. The van der Waals surface area contributed by atoms with Crippen LogP contribution < -0.4 is 4.90 Å². The van der Waals surface area contributed by atoms with Gasteiger partial charge in [0.2, 0.25) is 0 Å². The minimum atomic E-state index is -0.359. The van der Waals surface area contributed by atoms with Crippen molar-refractivity contribution in [3.63, 3.8) is 0 Å². The summed E-state index contributed by atoms with van der Waals surface area (Å²) >= 11 is 0. The summed E-state index contributed by atoms with van der Waals surface area (Å²) in [6, 6.07) is 45.5. The smallest absolute Gasteiger partial charge is 0.141 e. The summed E-state index contributed by atoms with van der Waals surface area (Å²) < 4.78 is 13.9. The molecule has 0 saturated heterocycles. The Balaban J connectivity index is 1.64. The maximum Gasteiger partial charge on any atom is 0.141 e. The highest BCUT2D eigenvalue weighted by Gasteiger charge is 2.23. The number of hydrogen-bond donors (Lipinski definition) is 0. The minimum absolute atomic E-state index is 0.359. The summed E-state index contributed by atoms with van der Waals surface area (Å²) in [5.41, 5.74) is 4.38. The van der Waals surface area contributed by atoms with Crippen molar-refractivity contribution in [2.75, 3.05) is 4.90 Å². The topological polar surface area (TPSA) is 16.1 Å². The van der Waals surface area contributed by atoms with E-state index < -0.39 is 0 Å². The predicted octanol–water partition coefficient (Wildman–Crippen LogP) is 9.82. The Labute approximate surface area is 220 Å². The van der Waals surface area contributed by atoms with Crippen molar-refractivity contribution in [1.29, 1.82) is 0 Å². The van der Waals surface area contributed by atoms with Crippen LogP contribution in [-0.4, -0.2) is 4.98 Å². The lowest BCUT2D eigenvalue weighted by Crippen LogP contribution is -2.13. The maximum atomic E-state index is 13.9. The SMILES string of the molecule is Fc1ccc(N(c2ccccc2)c2c3ccccc3c(-c3cccc4ccccc34)c3ccccc23)nc1. The van der Waals surface area contributed by atoms with E-state index in [2.05, 4.69) is 113 Å². The lowest BCUT2D eigenvalue weighted by Gasteiger charge is -2.28. The lowest BCUT2D eigenvalue weighted by molar-refractivity contribution is 0.621. The third-order valence-electron chi connectivity index (χ3n) is 7.14. The molecule has 0 N–H and O–H groups in total. The Morgan fingerprint density at radius 3 is 1.74 bits per heavy atom. The van der Waals surface area contributed by atoms with E-state index in [1.165, 1.54) is 34.2 Å². The van der Waals surface area contributed by atoms with Crippen LogP contribution in [0.1, 0.15) is 0 Å². The normalized spacial score (nSPS) is 11.3. The van der Waals surface area contributed by atoms with Gasteiger partial charge in [-0.05, 0) is 56.9 Å². The second kappa shape index (κ2) is 9.13. The number of halogens is 1. The third kappa shape index (κ3) is 3.60. The van der Waals surface area contributed by atoms with Crippen molar-refractivity contribution in [2.45, 2.75) is 0 Å². The number of para-hydroxylation sites is 1. The second-order valence-electron chi connectivity index (χ2n) is 9.35. The first-order chi connectivity index (χ1) is 18.8. The molecule has 0 amide bonds. The highest BCUT2D eigenvalue weighted by atomic mass is 19.1. The molecule has 0 atom stereocenters. The predicted molar refractivity (Wildman–Crippen MR) is 157 cm³/mol. The fraction of sp³-hybridized carbons (Fsp3) is 0. The summed E-state index contributed by atoms with van der Waals surface area (Å²) in [5, 5.41) is 6.94. The van der Waals surface area contributed by atoms with Crippen LogP contribution >= 0.6 is 0 Å². The number of nitrogens with zero attached hydrogens (tertiary/aromatic N) is 2. The average molecular weight is 491 g/mol. The van der Waals surface area contributed by atoms with E-state index in [0.29, 0.717) is 5.82 Å². The van der Waals surface area contributed by atoms with E-state index in [-0.39, 0.29) is 5.82 Å². The number of anilines is 3. The van der Waals surface area contributed by atoms with Gasteiger partial charge in [0.15, 0.2) is 0 Å². The van der Waals surface area contributed by atoms with Crippen LogP contribution in [-0.2, 0) is 0 Å². The molecular formula is C35H23FN2. The van der Waals surface area contributed by atoms with Gasteiger partial charge in [-0.25, -0.2) is 9.37 Å². The molecule has 180 valence electrons. The largest absolute Gasteiger partial charge is 0.294 e.